The van der Waals surface area contributed by atoms with Crippen molar-refractivity contribution >= 4 is 44.6 Å². The van der Waals surface area contributed by atoms with Gasteiger partial charge in [0.2, 0.25) is 11.8 Å². The van der Waals surface area contributed by atoms with E-state index in [1.54, 1.807) is 23.8 Å². The van der Waals surface area contributed by atoms with Gasteiger partial charge in [0.1, 0.15) is 5.52 Å². The molecule has 3 aromatic rings. The Balaban J connectivity index is 2.28. The second-order valence-electron chi connectivity index (χ2n) is 4.10. The summed E-state index contributed by atoms with van der Waals surface area (Å²) < 4.78 is 7.67. The van der Waals surface area contributed by atoms with Crippen molar-refractivity contribution < 1.29 is 4.74 Å². The molecule has 0 unspecified atom stereocenters. The quantitative estimate of drug-likeness (QED) is 0.766. The molecule has 0 bridgehead atoms. The highest BCUT2D eigenvalue weighted by atomic mass is 79.9. The Labute approximate surface area is 128 Å². The molecule has 3 rings (SSSR count). The number of ether oxygens (including phenoxy) is 1. The van der Waals surface area contributed by atoms with Crippen LogP contribution < -0.4 is 10.5 Å². The molecular formula is C13H10BrClN4O. The molecule has 0 spiro atoms. The van der Waals surface area contributed by atoms with Crippen molar-refractivity contribution in [3.63, 3.8) is 0 Å². The first-order valence-corrected chi connectivity index (χ1v) is 6.91. The first-order valence-electron chi connectivity index (χ1n) is 5.74. The molecule has 0 saturated carbocycles. The minimum absolute atomic E-state index is 0.356. The smallest absolute Gasteiger partial charge is 0.215 e. The molecular weight excluding hydrogens is 344 g/mol. The second-order valence-corrected chi connectivity index (χ2v) is 5.36. The van der Waals surface area contributed by atoms with Crippen molar-refractivity contribution in [1.29, 1.82) is 0 Å². The Morgan fingerprint density at radius 3 is 2.75 bits per heavy atom. The average Bonchev–Trinajstić information content (AvgIpc) is 2.77. The number of imidazole rings is 1. The van der Waals surface area contributed by atoms with Crippen molar-refractivity contribution in [3.05, 3.63) is 39.8 Å². The lowest BCUT2D eigenvalue weighted by molar-refractivity contribution is 0.399. The van der Waals surface area contributed by atoms with Gasteiger partial charge in [-0.05, 0) is 40.2 Å². The Morgan fingerprint density at radius 1 is 1.25 bits per heavy atom. The van der Waals surface area contributed by atoms with Gasteiger partial charge in [0.15, 0.2) is 5.65 Å². The number of fused-ring (bicyclic) bond motifs is 1. The minimum atomic E-state index is 0.356. The third-order valence-electron chi connectivity index (χ3n) is 2.88. The number of methoxy groups -OCH3 is 1. The zero-order valence-electron chi connectivity index (χ0n) is 10.5. The molecule has 2 heterocycles. The molecule has 0 aliphatic rings. The molecule has 0 radical (unpaired) electrons. The topological polar surface area (TPSA) is 66.0 Å². The summed E-state index contributed by atoms with van der Waals surface area (Å²) in [5, 5.41) is 0.627. The maximum atomic E-state index is 6.01. The van der Waals surface area contributed by atoms with Crippen LogP contribution in [0.15, 0.2) is 34.8 Å². The van der Waals surface area contributed by atoms with Crippen LogP contribution in [0, 0.1) is 0 Å². The predicted molar refractivity (Wildman–Crippen MR) is 82.5 cm³/mol. The summed E-state index contributed by atoms with van der Waals surface area (Å²) in [5.74, 6) is 0.863. The van der Waals surface area contributed by atoms with Crippen molar-refractivity contribution in [2.75, 3.05) is 12.8 Å². The molecule has 0 aliphatic carbocycles. The fourth-order valence-electron chi connectivity index (χ4n) is 1.95. The zero-order chi connectivity index (χ0) is 14.3. The zero-order valence-corrected chi connectivity index (χ0v) is 12.8. The molecule has 20 heavy (non-hydrogen) atoms. The third-order valence-corrected chi connectivity index (χ3v) is 4.09. The van der Waals surface area contributed by atoms with Gasteiger partial charge in [-0.2, -0.15) is 4.98 Å². The molecule has 1 aromatic carbocycles. The van der Waals surface area contributed by atoms with Gasteiger partial charge >= 0.3 is 0 Å². The van der Waals surface area contributed by atoms with Gasteiger partial charge in [-0.1, -0.05) is 11.6 Å². The number of pyridine rings is 1. The summed E-state index contributed by atoms with van der Waals surface area (Å²) in [4.78, 5) is 8.68. The molecule has 0 fully saturated rings. The molecule has 0 atom stereocenters. The first kappa shape index (κ1) is 13.2. The number of rotatable bonds is 2. The number of aromatic nitrogens is 3. The Hall–Kier alpha value is -1.79. The summed E-state index contributed by atoms with van der Waals surface area (Å²) in [6, 6.07) is 9.06. The van der Waals surface area contributed by atoms with E-state index in [0.717, 1.165) is 10.2 Å². The number of anilines is 1. The SMILES string of the molecule is COc1ccc2nc(N)n(-c3ccc(Cl)c(Br)c3)c2n1. The molecule has 0 amide bonds. The number of nitrogens with zero attached hydrogens (tertiary/aromatic N) is 3. The van der Waals surface area contributed by atoms with Gasteiger partial charge in [-0.15, -0.1) is 0 Å². The second kappa shape index (κ2) is 4.96. The summed E-state index contributed by atoms with van der Waals surface area (Å²) in [7, 11) is 1.57. The van der Waals surface area contributed by atoms with Crippen molar-refractivity contribution in [2.45, 2.75) is 0 Å². The number of benzene rings is 1. The van der Waals surface area contributed by atoms with Gasteiger partial charge in [-0.3, -0.25) is 4.57 Å². The normalized spacial score (nSPS) is 10.9. The molecule has 0 aliphatic heterocycles. The maximum Gasteiger partial charge on any atom is 0.215 e. The van der Waals surface area contributed by atoms with E-state index in [2.05, 4.69) is 25.9 Å². The van der Waals surface area contributed by atoms with E-state index in [-0.39, 0.29) is 0 Å². The Bertz CT molecular complexity index is 802. The molecule has 2 aromatic heterocycles. The van der Waals surface area contributed by atoms with E-state index in [9.17, 15) is 0 Å². The van der Waals surface area contributed by atoms with E-state index in [4.69, 9.17) is 22.1 Å². The van der Waals surface area contributed by atoms with Gasteiger partial charge in [0, 0.05) is 10.5 Å². The van der Waals surface area contributed by atoms with E-state index in [0.29, 0.717) is 28.0 Å². The van der Waals surface area contributed by atoms with Crippen LogP contribution in [0.25, 0.3) is 16.9 Å². The number of hydrogen-bond donors (Lipinski definition) is 1. The lowest BCUT2D eigenvalue weighted by atomic mass is 10.3. The van der Waals surface area contributed by atoms with Crippen molar-refractivity contribution in [2.24, 2.45) is 0 Å². The third kappa shape index (κ3) is 2.10. The minimum Gasteiger partial charge on any atom is -0.481 e. The molecule has 0 saturated heterocycles. The first-order chi connectivity index (χ1) is 9.60. The van der Waals surface area contributed by atoms with Crippen LogP contribution >= 0.6 is 27.5 Å². The fraction of sp³-hybridized carbons (Fsp3) is 0.0769. The largest absolute Gasteiger partial charge is 0.481 e. The summed E-state index contributed by atoms with van der Waals surface area (Å²) in [6.07, 6.45) is 0. The molecule has 7 heteroatoms. The number of nitrogen functional groups attached to an aromatic ring is 1. The molecule has 102 valence electrons. The van der Waals surface area contributed by atoms with E-state index < -0.39 is 0 Å². The van der Waals surface area contributed by atoms with E-state index >= 15 is 0 Å². The van der Waals surface area contributed by atoms with Crippen LogP contribution in [-0.2, 0) is 0 Å². The van der Waals surface area contributed by atoms with Crippen LogP contribution in [0.4, 0.5) is 5.95 Å². The summed E-state index contributed by atoms with van der Waals surface area (Å²) in [6.45, 7) is 0. The highest BCUT2D eigenvalue weighted by molar-refractivity contribution is 9.10. The van der Waals surface area contributed by atoms with Gasteiger partial charge in [-0.25, -0.2) is 4.98 Å². The number of nitrogens with two attached hydrogens (primary N) is 1. The highest BCUT2D eigenvalue weighted by Gasteiger charge is 2.13. The molecule has 2 N–H and O–H groups in total. The monoisotopic (exact) mass is 352 g/mol. The summed E-state index contributed by atoms with van der Waals surface area (Å²) in [5.41, 5.74) is 8.15. The van der Waals surface area contributed by atoms with Crippen LogP contribution in [0.2, 0.25) is 5.02 Å². The van der Waals surface area contributed by atoms with Crippen LogP contribution in [-0.4, -0.2) is 21.6 Å². The highest BCUT2D eigenvalue weighted by Crippen LogP contribution is 2.29. The van der Waals surface area contributed by atoms with Gasteiger partial charge in [0.05, 0.1) is 17.8 Å². The number of hydrogen-bond acceptors (Lipinski definition) is 4. The number of halogens is 2. The standard InChI is InChI=1S/C13H10BrClN4O/c1-20-11-5-4-10-12(18-11)19(13(16)17-10)7-2-3-9(15)8(14)6-7/h2-6H,1H3,(H2,16,17). The predicted octanol–water partition coefficient (Wildman–Crippen LogP) is 3.43. The van der Waals surface area contributed by atoms with Crippen LogP contribution in [0.1, 0.15) is 0 Å². The van der Waals surface area contributed by atoms with E-state index in [1.807, 2.05) is 18.2 Å². The van der Waals surface area contributed by atoms with Crippen LogP contribution in [0.5, 0.6) is 5.88 Å². The fourth-order valence-corrected chi connectivity index (χ4v) is 2.43. The van der Waals surface area contributed by atoms with E-state index in [1.165, 1.54) is 0 Å². The summed E-state index contributed by atoms with van der Waals surface area (Å²) >= 11 is 9.41. The average molecular weight is 354 g/mol. The lowest BCUT2D eigenvalue weighted by Gasteiger charge is -2.07. The maximum absolute atomic E-state index is 6.01. The Morgan fingerprint density at radius 2 is 2.05 bits per heavy atom. The Kier molecular flexibility index (Phi) is 3.27. The van der Waals surface area contributed by atoms with Crippen molar-refractivity contribution in [3.8, 4) is 11.6 Å². The van der Waals surface area contributed by atoms with Gasteiger partial charge in [0.25, 0.3) is 0 Å². The molecule has 5 nitrogen and oxygen atoms in total. The van der Waals surface area contributed by atoms with Gasteiger partial charge < -0.3 is 10.5 Å². The lowest BCUT2D eigenvalue weighted by Crippen LogP contribution is -2.01. The van der Waals surface area contributed by atoms with Crippen LogP contribution in [0.3, 0.4) is 0 Å². The van der Waals surface area contributed by atoms with Crippen molar-refractivity contribution in [1.82, 2.24) is 14.5 Å².